The summed E-state index contributed by atoms with van der Waals surface area (Å²) < 4.78 is 66.3. The van der Waals surface area contributed by atoms with Crippen molar-refractivity contribution >= 4 is 15.9 Å². The predicted octanol–water partition coefficient (Wildman–Crippen LogP) is 3.51. The zero-order valence-corrected chi connectivity index (χ0v) is 17.5. The summed E-state index contributed by atoms with van der Waals surface area (Å²) in [5.41, 5.74) is 1.65. The fourth-order valence-corrected chi connectivity index (χ4v) is 5.95. The quantitative estimate of drug-likeness (QED) is 0.735. The lowest BCUT2D eigenvalue weighted by Crippen LogP contribution is -2.49. The number of benzene rings is 1. The molecule has 0 aliphatic carbocycles. The fraction of sp³-hybridized carbons (Fsp3) is 0.650. The van der Waals surface area contributed by atoms with Crippen LogP contribution in [0.15, 0.2) is 23.1 Å². The molecule has 0 radical (unpaired) electrons. The molecule has 0 aromatic heterocycles. The molecule has 0 N–H and O–H groups in total. The molecule has 162 valence electrons. The Kier molecular flexibility index (Phi) is 6.29. The van der Waals surface area contributed by atoms with Crippen LogP contribution in [0.2, 0.25) is 0 Å². The first-order chi connectivity index (χ1) is 13.5. The van der Waals surface area contributed by atoms with Crippen LogP contribution in [0.1, 0.15) is 36.8 Å². The Hall–Kier alpha value is -1.61. The van der Waals surface area contributed by atoms with Gasteiger partial charge in [0, 0.05) is 32.1 Å². The Morgan fingerprint density at radius 2 is 1.72 bits per heavy atom. The van der Waals surface area contributed by atoms with Gasteiger partial charge < -0.3 is 4.90 Å². The Bertz CT molecular complexity index is 862. The van der Waals surface area contributed by atoms with Crippen LogP contribution in [-0.2, 0) is 14.8 Å². The van der Waals surface area contributed by atoms with Crippen LogP contribution < -0.4 is 0 Å². The number of piperidine rings is 2. The van der Waals surface area contributed by atoms with Gasteiger partial charge in [-0.3, -0.25) is 4.79 Å². The normalized spacial score (nSPS) is 22.7. The standard InChI is InChI=1S/C20H27F3N2O3S/c1-14-5-6-18(15(2)12-14)29(27,28)25-10-7-16(8-11-25)19(26)24-9-3-4-17(13-24)20(21,22)23/h5-6,12,16-17H,3-4,7-11,13H2,1-2H3/t17-/m1/s1. The number of nitrogens with zero attached hydrogens (tertiary/aromatic N) is 2. The van der Waals surface area contributed by atoms with Crippen LogP contribution in [-0.4, -0.2) is 55.9 Å². The van der Waals surface area contributed by atoms with E-state index in [4.69, 9.17) is 0 Å². The summed E-state index contributed by atoms with van der Waals surface area (Å²) in [5, 5.41) is 0. The number of aryl methyl sites for hydroxylation is 2. The number of likely N-dealkylation sites (tertiary alicyclic amines) is 1. The van der Waals surface area contributed by atoms with Gasteiger partial charge in [0.15, 0.2) is 0 Å². The molecular formula is C20H27F3N2O3S. The topological polar surface area (TPSA) is 57.7 Å². The first-order valence-electron chi connectivity index (χ1n) is 9.93. The van der Waals surface area contributed by atoms with Gasteiger partial charge in [-0.15, -0.1) is 0 Å². The second kappa shape index (κ2) is 8.26. The van der Waals surface area contributed by atoms with E-state index in [-0.39, 0.29) is 36.9 Å². The number of hydrogen-bond acceptors (Lipinski definition) is 3. The molecule has 1 aromatic carbocycles. The van der Waals surface area contributed by atoms with Crippen LogP contribution in [0.3, 0.4) is 0 Å². The van der Waals surface area contributed by atoms with Crippen molar-refractivity contribution in [2.45, 2.75) is 50.6 Å². The molecule has 1 amide bonds. The van der Waals surface area contributed by atoms with Crippen molar-refractivity contribution < 1.29 is 26.4 Å². The monoisotopic (exact) mass is 432 g/mol. The Labute approximate surface area is 169 Å². The van der Waals surface area contributed by atoms with Gasteiger partial charge in [0.25, 0.3) is 0 Å². The van der Waals surface area contributed by atoms with Crippen molar-refractivity contribution in [1.29, 1.82) is 0 Å². The van der Waals surface area contributed by atoms with Gasteiger partial charge in [-0.05, 0) is 51.2 Å². The van der Waals surface area contributed by atoms with Crippen LogP contribution >= 0.6 is 0 Å². The average Bonchev–Trinajstić information content (AvgIpc) is 2.66. The third-order valence-corrected chi connectivity index (χ3v) is 8.01. The molecule has 2 fully saturated rings. The minimum Gasteiger partial charge on any atom is -0.342 e. The lowest BCUT2D eigenvalue weighted by atomic mass is 9.92. The molecule has 2 aliphatic rings. The fourth-order valence-electron chi connectivity index (χ4n) is 4.27. The molecule has 1 aromatic rings. The molecule has 0 spiro atoms. The van der Waals surface area contributed by atoms with Crippen LogP contribution in [0.25, 0.3) is 0 Å². The maximum absolute atomic E-state index is 13.0. The van der Waals surface area contributed by atoms with Gasteiger partial charge in [0.2, 0.25) is 15.9 Å². The lowest BCUT2D eigenvalue weighted by Gasteiger charge is -2.38. The number of halogens is 3. The highest BCUT2D eigenvalue weighted by molar-refractivity contribution is 7.89. The zero-order valence-electron chi connectivity index (χ0n) is 16.7. The summed E-state index contributed by atoms with van der Waals surface area (Å²) in [5.74, 6) is -2.17. The molecule has 2 aliphatic heterocycles. The van der Waals surface area contributed by atoms with Crippen molar-refractivity contribution in [1.82, 2.24) is 9.21 Å². The van der Waals surface area contributed by atoms with Crippen molar-refractivity contribution in [2.24, 2.45) is 11.8 Å². The number of hydrogen-bond donors (Lipinski definition) is 0. The number of sulfonamides is 1. The van der Waals surface area contributed by atoms with Gasteiger partial charge in [-0.2, -0.15) is 17.5 Å². The predicted molar refractivity (Wildman–Crippen MR) is 103 cm³/mol. The van der Waals surface area contributed by atoms with E-state index >= 15 is 0 Å². The van der Waals surface area contributed by atoms with Crippen molar-refractivity contribution in [3.05, 3.63) is 29.3 Å². The number of rotatable bonds is 3. The largest absolute Gasteiger partial charge is 0.393 e. The van der Waals surface area contributed by atoms with Crippen LogP contribution in [0, 0.1) is 25.7 Å². The summed E-state index contributed by atoms with van der Waals surface area (Å²) in [6.45, 7) is 4.09. The number of carbonyl (C=O) groups is 1. The molecule has 1 atom stereocenters. The van der Waals surface area contributed by atoms with E-state index in [9.17, 15) is 26.4 Å². The van der Waals surface area contributed by atoms with Crippen LogP contribution in [0.4, 0.5) is 13.2 Å². The average molecular weight is 433 g/mol. The van der Waals surface area contributed by atoms with Gasteiger partial charge in [-0.1, -0.05) is 17.7 Å². The van der Waals surface area contributed by atoms with E-state index in [1.54, 1.807) is 19.1 Å². The maximum Gasteiger partial charge on any atom is 0.393 e. The molecule has 2 saturated heterocycles. The summed E-state index contributed by atoms with van der Waals surface area (Å²) >= 11 is 0. The van der Waals surface area contributed by atoms with E-state index in [2.05, 4.69) is 0 Å². The summed E-state index contributed by atoms with van der Waals surface area (Å²) in [6, 6.07) is 5.17. The van der Waals surface area contributed by atoms with E-state index in [0.717, 1.165) is 5.56 Å². The van der Waals surface area contributed by atoms with E-state index in [0.29, 0.717) is 31.4 Å². The molecule has 0 unspecified atom stereocenters. The highest BCUT2D eigenvalue weighted by atomic mass is 32.2. The third kappa shape index (κ3) is 4.77. The number of alkyl halides is 3. The molecule has 0 saturated carbocycles. The van der Waals surface area contributed by atoms with Gasteiger partial charge in [0.1, 0.15) is 0 Å². The summed E-state index contributed by atoms with van der Waals surface area (Å²) in [4.78, 5) is 14.3. The SMILES string of the molecule is Cc1ccc(S(=O)(=O)N2CCC(C(=O)N3CCC[C@@H](C(F)(F)F)C3)CC2)c(C)c1. The van der Waals surface area contributed by atoms with Crippen molar-refractivity contribution in [2.75, 3.05) is 26.2 Å². The highest BCUT2D eigenvalue weighted by Crippen LogP contribution is 2.34. The van der Waals surface area contributed by atoms with E-state index in [1.165, 1.54) is 9.21 Å². The molecule has 0 bridgehead atoms. The molecular weight excluding hydrogens is 405 g/mol. The Morgan fingerprint density at radius 1 is 1.07 bits per heavy atom. The molecule has 3 rings (SSSR count). The first-order valence-corrected chi connectivity index (χ1v) is 11.4. The van der Waals surface area contributed by atoms with Crippen molar-refractivity contribution in [3.8, 4) is 0 Å². The van der Waals surface area contributed by atoms with Crippen molar-refractivity contribution in [3.63, 3.8) is 0 Å². The smallest absolute Gasteiger partial charge is 0.342 e. The van der Waals surface area contributed by atoms with Gasteiger partial charge in [-0.25, -0.2) is 8.42 Å². The number of carbonyl (C=O) groups excluding carboxylic acids is 1. The Morgan fingerprint density at radius 3 is 2.31 bits per heavy atom. The lowest BCUT2D eigenvalue weighted by molar-refractivity contribution is -0.188. The third-order valence-electron chi connectivity index (χ3n) is 5.95. The maximum atomic E-state index is 13.0. The van der Waals surface area contributed by atoms with E-state index in [1.807, 2.05) is 13.0 Å². The van der Waals surface area contributed by atoms with E-state index < -0.39 is 28.0 Å². The summed E-state index contributed by atoms with van der Waals surface area (Å²) in [7, 11) is -3.65. The van der Waals surface area contributed by atoms with Crippen LogP contribution in [0.5, 0.6) is 0 Å². The molecule has 29 heavy (non-hydrogen) atoms. The minimum atomic E-state index is -4.29. The first kappa shape index (κ1) is 22.1. The zero-order chi connectivity index (χ0) is 21.4. The molecule has 9 heteroatoms. The van der Waals surface area contributed by atoms with Gasteiger partial charge >= 0.3 is 6.18 Å². The minimum absolute atomic E-state index is 0.0554. The highest BCUT2D eigenvalue weighted by Gasteiger charge is 2.44. The second-order valence-corrected chi connectivity index (χ2v) is 10.0. The second-order valence-electron chi connectivity index (χ2n) is 8.11. The van der Waals surface area contributed by atoms with Gasteiger partial charge in [0.05, 0.1) is 10.8 Å². The Balaban J connectivity index is 1.63. The molecule has 2 heterocycles. The summed E-state index contributed by atoms with van der Waals surface area (Å²) in [6.07, 6.45) is -3.23. The number of amides is 1. The molecule has 5 nitrogen and oxygen atoms in total.